The van der Waals surface area contributed by atoms with Gasteiger partial charge in [0.05, 0.1) is 10.1 Å². The summed E-state index contributed by atoms with van der Waals surface area (Å²) in [4.78, 5) is 0.401. The first-order valence-electron chi connectivity index (χ1n) is 6.31. The largest absolute Gasteiger partial charge is 0.311 e. The molecule has 19 heavy (non-hydrogen) atoms. The molecule has 0 saturated carbocycles. The number of benzene rings is 1. The van der Waals surface area contributed by atoms with Crippen molar-refractivity contribution in [1.82, 2.24) is 5.32 Å². The molecule has 2 heterocycles. The van der Waals surface area contributed by atoms with Crippen molar-refractivity contribution < 1.29 is 8.42 Å². The number of hydrogen-bond donors (Lipinski definition) is 1. The minimum atomic E-state index is -3.20. The average molecular weight is 322 g/mol. The van der Waals surface area contributed by atoms with E-state index in [-0.39, 0.29) is 17.7 Å². The third kappa shape index (κ3) is 2.92. The van der Waals surface area contributed by atoms with Crippen molar-refractivity contribution in [3.63, 3.8) is 0 Å². The quantitative estimate of drug-likeness (QED) is 0.911. The normalized spacial score (nSPS) is 29.8. The molecular formula is C13H17Cl2NO2S. The lowest BCUT2D eigenvalue weighted by Gasteiger charge is -2.28. The monoisotopic (exact) mass is 321 g/mol. The summed E-state index contributed by atoms with van der Waals surface area (Å²) in [5, 5.41) is 3.80. The molecule has 2 saturated heterocycles. The molecule has 3 atom stereocenters. The molecule has 0 amide bonds. The minimum absolute atomic E-state index is 0. The summed E-state index contributed by atoms with van der Waals surface area (Å²) in [5.41, 5.74) is 0. The molecule has 3 nitrogen and oxygen atoms in total. The molecule has 2 fully saturated rings. The lowest BCUT2D eigenvalue weighted by molar-refractivity contribution is 0.401. The van der Waals surface area contributed by atoms with E-state index in [1.54, 1.807) is 24.3 Å². The van der Waals surface area contributed by atoms with Gasteiger partial charge in [0.15, 0.2) is 9.84 Å². The van der Waals surface area contributed by atoms with Gasteiger partial charge >= 0.3 is 0 Å². The molecule has 0 radical (unpaired) electrons. The molecule has 6 heteroatoms. The molecule has 0 spiro atoms. The summed E-state index contributed by atoms with van der Waals surface area (Å²) in [7, 11) is -3.20. The Morgan fingerprint density at radius 1 is 1.05 bits per heavy atom. The van der Waals surface area contributed by atoms with Gasteiger partial charge in [-0.25, -0.2) is 8.42 Å². The molecule has 2 bridgehead atoms. The number of hydrogen-bond acceptors (Lipinski definition) is 3. The van der Waals surface area contributed by atoms with E-state index in [1.165, 1.54) is 0 Å². The van der Waals surface area contributed by atoms with Crippen LogP contribution >= 0.6 is 24.0 Å². The first-order valence-corrected chi connectivity index (χ1v) is 8.23. The Morgan fingerprint density at radius 2 is 1.58 bits per heavy atom. The summed E-state index contributed by atoms with van der Waals surface area (Å²) in [6, 6.07) is 7.28. The van der Waals surface area contributed by atoms with Crippen LogP contribution in [0.3, 0.4) is 0 Å². The van der Waals surface area contributed by atoms with Gasteiger partial charge in [0.2, 0.25) is 0 Å². The van der Waals surface area contributed by atoms with E-state index in [0.717, 1.165) is 25.7 Å². The number of fused-ring (bicyclic) bond motifs is 2. The van der Waals surface area contributed by atoms with E-state index in [1.807, 2.05) is 0 Å². The number of halogens is 2. The Balaban J connectivity index is 0.00000133. The van der Waals surface area contributed by atoms with E-state index >= 15 is 0 Å². The third-order valence-corrected chi connectivity index (χ3v) is 6.45. The maximum absolute atomic E-state index is 12.5. The molecule has 0 aliphatic carbocycles. The molecule has 0 aromatic heterocycles. The van der Waals surface area contributed by atoms with Crippen LogP contribution in [0.25, 0.3) is 0 Å². The lowest BCUT2D eigenvalue weighted by atomic mass is 10.1. The standard InChI is InChI=1S/C13H16ClNO2S.ClH/c14-9-1-5-12(6-2-9)18(16,17)13-7-10-3-4-11(8-13)15-10;/h1-2,5-6,10-11,13,15H,3-4,7-8H2;1H/t10-,11+,13?;. The van der Waals surface area contributed by atoms with Crippen LogP contribution in [0, 0.1) is 0 Å². The number of piperidine rings is 1. The second-order valence-electron chi connectivity index (χ2n) is 5.23. The van der Waals surface area contributed by atoms with Crippen LogP contribution in [0.5, 0.6) is 0 Å². The highest BCUT2D eigenvalue weighted by molar-refractivity contribution is 7.92. The van der Waals surface area contributed by atoms with E-state index in [4.69, 9.17) is 11.6 Å². The van der Waals surface area contributed by atoms with Crippen LogP contribution < -0.4 is 5.32 Å². The Kier molecular flexibility index (Phi) is 4.45. The highest BCUT2D eigenvalue weighted by atomic mass is 35.5. The van der Waals surface area contributed by atoms with Gasteiger partial charge in [0.25, 0.3) is 0 Å². The van der Waals surface area contributed by atoms with Crippen LogP contribution in [0.1, 0.15) is 25.7 Å². The maximum Gasteiger partial charge on any atom is 0.181 e. The van der Waals surface area contributed by atoms with Crippen molar-refractivity contribution >= 4 is 33.8 Å². The maximum atomic E-state index is 12.5. The van der Waals surface area contributed by atoms with Gasteiger partial charge in [-0.3, -0.25) is 0 Å². The Bertz CT molecular complexity index is 532. The van der Waals surface area contributed by atoms with Crippen molar-refractivity contribution in [2.75, 3.05) is 0 Å². The SMILES string of the molecule is Cl.O=S(=O)(c1ccc(Cl)cc1)C1C[C@H]2CC[C@@H](C1)N2. The first-order chi connectivity index (χ1) is 8.55. The fraction of sp³-hybridized carbons (Fsp3) is 0.538. The highest BCUT2D eigenvalue weighted by Crippen LogP contribution is 2.33. The van der Waals surface area contributed by atoms with Gasteiger partial charge in [-0.2, -0.15) is 0 Å². The number of rotatable bonds is 2. The Labute approximate surface area is 125 Å². The summed E-state index contributed by atoms with van der Waals surface area (Å²) in [5.74, 6) is 0. The van der Waals surface area contributed by atoms with Gasteiger partial charge in [-0.15, -0.1) is 12.4 Å². The van der Waals surface area contributed by atoms with Crippen LogP contribution in [-0.4, -0.2) is 25.8 Å². The molecule has 2 aliphatic rings. The second kappa shape index (κ2) is 5.60. The zero-order chi connectivity index (χ0) is 12.8. The summed E-state index contributed by atoms with van der Waals surface area (Å²) in [6.07, 6.45) is 3.69. The minimum Gasteiger partial charge on any atom is -0.311 e. The predicted octanol–water partition coefficient (Wildman–Crippen LogP) is 2.82. The van der Waals surface area contributed by atoms with E-state index in [0.29, 0.717) is 22.0 Å². The fourth-order valence-corrected chi connectivity index (χ4v) is 5.07. The average Bonchev–Trinajstić information content (AvgIpc) is 2.68. The third-order valence-electron chi connectivity index (χ3n) is 4.01. The van der Waals surface area contributed by atoms with Gasteiger partial charge < -0.3 is 5.32 Å². The van der Waals surface area contributed by atoms with Crippen molar-refractivity contribution in [1.29, 1.82) is 0 Å². The smallest absolute Gasteiger partial charge is 0.181 e. The molecule has 1 aromatic carbocycles. The topological polar surface area (TPSA) is 46.2 Å². The van der Waals surface area contributed by atoms with Gasteiger partial charge in [0, 0.05) is 17.1 Å². The molecule has 3 rings (SSSR count). The predicted molar refractivity (Wildman–Crippen MR) is 78.9 cm³/mol. The highest BCUT2D eigenvalue weighted by Gasteiger charge is 2.39. The van der Waals surface area contributed by atoms with Crippen molar-refractivity contribution in [2.45, 2.75) is 47.9 Å². The number of sulfone groups is 1. The van der Waals surface area contributed by atoms with Crippen molar-refractivity contribution in [3.05, 3.63) is 29.3 Å². The molecule has 1 unspecified atom stereocenters. The Hall–Kier alpha value is -0.290. The van der Waals surface area contributed by atoms with Crippen molar-refractivity contribution in [3.8, 4) is 0 Å². The second-order valence-corrected chi connectivity index (χ2v) is 7.89. The molecule has 1 N–H and O–H groups in total. The Morgan fingerprint density at radius 3 is 2.11 bits per heavy atom. The van der Waals surface area contributed by atoms with Crippen LogP contribution in [0.15, 0.2) is 29.2 Å². The zero-order valence-corrected chi connectivity index (χ0v) is 12.8. The van der Waals surface area contributed by atoms with Gasteiger partial charge in [-0.1, -0.05) is 11.6 Å². The first kappa shape index (κ1) is 15.1. The molecular weight excluding hydrogens is 305 g/mol. The van der Waals surface area contributed by atoms with Crippen LogP contribution in [0.4, 0.5) is 0 Å². The molecule has 2 aliphatic heterocycles. The van der Waals surface area contributed by atoms with Crippen LogP contribution in [0.2, 0.25) is 5.02 Å². The molecule has 106 valence electrons. The van der Waals surface area contributed by atoms with E-state index < -0.39 is 9.84 Å². The van der Waals surface area contributed by atoms with Gasteiger partial charge in [0.1, 0.15) is 0 Å². The lowest BCUT2D eigenvalue weighted by Crippen LogP contribution is -2.43. The summed E-state index contributed by atoms with van der Waals surface area (Å²) >= 11 is 5.80. The summed E-state index contributed by atoms with van der Waals surface area (Å²) in [6.45, 7) is 0. The number of nitrogens with one attached hydrogen (secondary N) is 1. The van der Waals surface area contributed by atoms with E-state index in [9.17, 15) is 8.42 Å². The van der Waals surface area contributed by atoms with Crippen molar-refractivity contribution in [2.24, 2.45) is 0 Å². The van der Waals surface area contributed by atoms with E-state index in [2.05, 4.69) is 5.32 Å². The molecule has 1 aromatic rings. The fourth-order valence-electron chi connectivity index (χ4n) is 3.08. The zero-order valence-electron chi connectivity index (χ0n) is 10.4. The summed E-state index contributed by atoms with van der Waals surface area (Å²) < 4.78 is 25.1. The van der Waals surface area contributed by atoms with Crippen LogP contribution in [-0.2, 0) is 9.84 Å². The van der Waals surface area contributed by atoms with Gasteiger partial charge in [-0.05, 0) is 49.9 Å².